The number of allylic oxidation sites excluding steroid dienone is 6. The van der Waals surface area contributed by atoms with Crippen molar-refractivity contribution in [2.45, 2.75) is 6.92 Å². The maximum absolute atomic E-state index is 13.4. The van der Waals surface area contributed by atoms with Crippen LogP contribution in [0.15, 0.2) is 134 Å². The summed E-state index contributed by atoms with van der Waals surface area (Å²) in [5, 5.41) is 0. The molecule has 0 aliphatic heterocycles. The van der Waals surface area contributed by atoms with Gasteiger partial charge in [0.15, 0.2) is 0 Å². The van der Waals surface area contributed by atoms with Crippen molar-refractivity contribution in [3.63, 3.8) is 0 Å². The summed E-state index contributed by atoms with van der Waals surface area (Å²) in [6.45, 7) is 12.6. The van der Waals surface area contributed by atoms with Gasteiger partial charge in [0.2, 0.25) is 0 Å². The number of phosphoric ester groups is 2. The Balaban J connectivity index is 2.15. The van der Waals surface area contributed by atoms with E-state index in [4.69, 9.17) is 27.1 Å². The predicted octanol–water partition coefficient (Wildman–Crippen LogP) is 8.29. The maximum Gasteiger partial charge on any atom is 0.647 e. The Hall–Kier alpha value is -3.70. The van der Waals surface area contributed by atoms with Crippen molar-refractivity contribution in [1.29, 1.82) is 0 Å². The Bertz CT molecular complexity index is 1220. The number of phosphoric acid groups is 2. The minimum absolute atomic E-state index is 0.0282. The van der Waals surface area contributed by atoms with Crippen molar-refractivity contribution >= 4 is 15.6 Å². The van der Waals surface area contributed by atoms with Crippen molar-refractivity contribution in [3.05, 3.63) is 134 Å². The normalized spacial score (nSPS) is 14.9. The van der Waals surface area contributed by atoms with Gasteiger partial charge in [-0.2, -0.15) is 4.57 Å². The summed E-state index contributed by atoms with van der Waals surface area (Å²) in [7, 11) is -7.06. The van der Waals surface area contributed by atoms with Gasteiger partial charge in [0.1, 0.15) is 28.8 Å². The number of hydrogen-bond donors (Lipinski definition) is 0. The third-order valence-corrected chi connectivity index (χ3v) is 6.62. The first-order valence-electron chi connectivity index (χ1n) is 10.6. The van der Waals surface area contributed by atoms with Crippen molar-refractivity contribution < 1.29 is 36.3 Å². The minimum Gasteiger partial charge on any atom is -0.396 e. The van der Waals surface area contributed by atoms with Gasteiger partial charge in [0.25, 0.3) is 0 Å². The summed E-state index contributed by atoms with van der Waals surface area (Å²) >= 11 is 0. The zero-order chi connectivity index (χ0) is 26.4. The van der Waals surface area contributed by atoms with Crippen LogP contribution in [-0.4, -0.2) is 7.11 Å². The van der Waals surface area contributed by atoms with Crippen LogP contribution in [0.1, 0.15) is 6.92 Å². The molecule has 10 heteroatoms. The van der Waals surface area contributed by atoms with Crippen molar-refractivity contribution in [3.8, 4) is 11.5 Å². The highest BCUT2D eigenvalue weighted by molar-refractivity contribution is 7.49. The lowest BCUT2D eigenvalue weighted by Gasteiger charge is -2.20. The van der Waals surface area contributed by atoms with Gasteiger partial charge in [0.05, 0.1) is 0 Å². The summed E-state index contributed by atoms with van der Waals surface area (Å²) in [5.41, 5.74) is 0. The van der Waals surface area contributed by atoms with E-state index < -0.39 is 15.6 Å². The van der Waals surface area contributed by atoms with Crippen molar-refractivity contribution in [2.75, 3.05) is 7.11 Å². The Morgan fingerprint density at radius 2 is 1.25 bits per heavy atom. The highest BCUT2D eigenvalue weighted by Crippen LogP contribution is 2.53. The van der Waals surface area contributed by atoms with Gasteiger partial charge >= 0.3 is 15.6 Å². The minimum atomic E-state index is -4.24. The van der Waals surface area contributed by atoms with E-state index in [9.17, 15) is 9.13 Å². The second-order valence-corrected chi connectivity index (χ2v) is 9.78. The van der Waals surface area contributed by atoms with Crippen LogP contribution in [0, 0.1) is 0 Å². The Morgan fingerprint density at radius 1 is 0.750 bits per heavy atom. The zero-order valence-electron chi connectivity index (χ0n) is 20.0. The van der Waals surface area contributed by atoms with Crippen molar-refractivity contribution in [1.82, 2.24) is 0 Å². The van der Waals surface area contributed by atoms with E-state index in [1.807, 2.05) is 0 Å². The average molecular weight is 530 g/mol. The SMILES string of the molecule is C=C/C=C\C(=C)OP(=O)(OC(/C=C\C(=C)OP(=O)(OC)Oc1ccccc1)=C/C)Oc1ccccc1. The molecule has 0 spiro atoms. The van der Waals surface area contributed by atoms with Gasteiger partial charge in [0, 0.05) is 7.11 Å². The summed E-state index contributed by atoms with van der Waals surface area (Å²) in [6.07, 6.45) is 8.72. The topological polar surface area (TPSA) is 89.5 Å². The van der Waals surface area contributed by atoms with E-state index in [1.54, 1.807) is 73.7 Å². The van der Waals surface area contributed by atoms with Crippen LogP contribution in [-0.2, 0) is 27.2 Å². The molecule has 0 aliphatic rings. The first kappa shape index (κ1) is 28.5. The zero-order valence-corrected chi connectivity index (χ0v) is 21.8. The van der Waals surface area contributed by atoms with Crippen LogP contribution in [0.4, 0.5) is 0 Å². The highest BCUT2D eigenvalue weighted by Gasteiger charge is 2.33. The molecule has 0 N–H and O–H groups in total. The fourth-order valence-corrected chi connectivity index (χ4v) is 4.56. The van der Waals surface area contributed by atoms with Crippen LogP contribution in [0.25, 0.3) is 0 Å². The maximum atomic E-state index is 13.4. The molecule has 36 heavy (non-hydrogen) atoms. The second-order valence-electron chi connectivity index (χ2n) is 6.71. The molecule has 2 aromatic carbocycles. The lowest BCUT2D eigenvalue weighted by molar-refractivity contribution is 0.220. The monoisotopic (exact) mass is 530 g/mol. The van der Waals surface area contributed by atoms with E-state index in [-0.39, 0.29) is 23.0 Å². The molecule has 0 aliphatic carbocycles. The van der Waals surface area contributed by atoms with E-state index >= 15 is 0 Å². The molecule has 2 aromatic rings. The van der Waals surface area contributed by atoms with Gasteiger partial charge < -0.3 is 22.6 Å². The molecule has 8 nitrogen and oxygen atoms in total. The number of rotatable bonds is 15. The van der Waals surface area contributed by atoms with Crippen LogP contribution in [0.3, 0.4) is 0 Å². The third-order valence-electron chi connectivity index (χ3n) is 3.96. The smallest absolute Gasteiger partial charge is 0.396 e. The average Bonchev–Trinajstić information content (AvgIpc) is 2.86. The van der Waals surface area contributed by atoms with Gasteiger partial charge in [-0.3, -0.25) is 4.52 Å². The molecule has 0 aromatic heterocycles. The summed E-state index contributed by atoms with van der Waals surface area (Å²) in [6, 6.07) is 16.8. The van der Waals surface area contributed by atoms with Gasteiger partial charge in [-0.15, -0.1) is 0 Å². The molecule has 0 amide bonds. The molecular weight excluding hydrogens is 502 g/mol. The molecule has 0 radical (unpaired) electrons. The fourth-order valence-electron chi connectivity index (χ4n) is 2.38. The largest absolute Gasteiger partial charge is 0.647 e. The Labute approximate surface area is 211 Å². The van der Waals surface area contributed by atoms with E-state index in [0.717, 1.165) is 0 Å². The summed E-state index contributed by atoms with van der Waals surface area (Å²) in [5.74, 6) is 0.583. The lowest BCUT2D eigenvalue weighted by Crippen LogP contribution is -2.02. The standard InChI is InChI=1S/C26H28O8P2/c1-6-8-15-22(3)31-36(28,34-26-18-13-10-14-19-26)32-24(7-2)21-20-23(4)30-35(27,29-5)33-25-16-11-9-12-17-25/h6-21H,1,3-4H2,2,5H3/b15-8-,21-20-,24-7+. The molecule has 0 fully saturated rings. The van der Waals surface area contributed by atoms with Gasteiger partial charge in [-0.05, 0) is 55.5 Å². The van der Waals surface area contributed by atoms with E-state index in [1.165, 1.54) is 37.5 Å². The lowest BCUT2D eigenvalue weighted by atomic mass is 10.3. The van der Waals surface area contributed by atoms with Crippen LogP contribution in [0.5, 0.6) is 11.5 Å². The number of para-hydroxylation sites is 2. The van der Waals surface area contributed by atoms with Gasteiger partial charge in [-0.1, -0.05) is 68.3 Å². The molecule has 2 atom stereocenters. The van der Waals surface area contributed by atoms with E-state index in [0.29, 0.717) is 5.75 Å². The summed E-state index contributed by atoms with van der Waals surface area (Å²) < 4.78 is 58.4. The predicted molar refractivity (Wildman–Crippen MR) is 140 cm³/mol. The number of hydrogen-bond acceptors (Lipinski definition) is 8. The molecule has 0 heterocycles. The van der Waals surface area contributed by atoms with E-state index in [2.05, 4.69) is 19.7 Å². The Morgan fingerprint density at radius 3 is 1.75 bits per heavy atom. The first-order valence-corrected chi connectivity index (χ1v) is 13.5. The fraction of sp³-hybridized carbons (Fsp3) is 0.0769. The van der Waals surface area contributed by atoms with Gasteiger partial charge in [-0.25, -0.2) is 4.57 Å². The summed E-state index contributed by atoms with van der Waals surface area (Å²) in [4.78, 5) is 0. The third kappa shape index (κ3) is 9.88. The molecule has 190 valence electrons. The molecule has 0 saturated carbocycles. The molecular formula is C26H28O8P2. The van der Waals surface area contributed by atoms with Crippen LogP contribution in [0.2, 0.25) is 0 Å². The molecule has 2 unspecified atom stereocenters. The van der Waals surface area contributed by atoms with Crippen LogP contribution < -0.4 is 9.05 Å². The molecule has 0 saturated heterocycles. The first-order chi connectivity index (χ1) is 17.2. The highest BCUT2D eigenvalue weighted by atomic mass is 31.2. The Kier molecular flexibility index (Phi) is 11.1. The molecule has 2 rings (SSSR count). The second kappa shape index (κ2) is 14.0. The quantitative estimate of drug-likeness (QED) is 0.129. The molecule has 0 bridgehead atoms. The van der Waals surface area contributed by atoms with Crippen LogP contribution >= 0.6 is 15.6 Å². The van der Waals surface area contributed by atoms with Crippen molar-refractivity contribution in [2.24, 2.45) is 0 Å². The number of benzene rings is 2.